The first-order valence-electron chi connectivity index (χ1n) is 9.68. The molecule has 0 bridgehead atoms. The number of amides is 1. The summed E-state index contributed by atoms with van der Waals surface area (Å²) in [5, 5.41) is 3.35. The molecule has 4 rings (SSSR count). The number of aromatic nitrogens is 2. The van der Waals surface area contributed by atoms with Gasteiger partial charge >= 0.3 is 6.18 Å². The van der Waals surface area contributed by atoms with Gasteiger partial charge in [0.25, 0.3) is 5.91 Å². The fourth-order valence-electron chi connectivity index (χ4n) is 3.08. The normalized spacial score (nSPS) is 11.5. The van der Waals surface area contributed by atoms with E-state index in [2.05, 4.69) is 15.3 Å². The molecule has 0 unspecified atom stereocenters. The van der Waals surface area contributed by atoms with Crippen LogP contribution in [-0.4, -0.2) is 15.9 Å². The van der Waals surface area contributed by atoms with E-state index < -0.39 is 11.9 Å². The second-order valence-corrected chi connectivity index (χ2v) is 8.04. The highest BCUT2D eigenvalue weighted by atomic mass is 32.1. The lowest BCUT2D eigenvalue weighted by atomic mass is 10.1. The Hall–Kier alpha value is -3.46. The first-order valence-corrected chi connectivity index (χ1v) is 10.5. The van der Waals surface area contributed by atoms with Gasteiger partial charge in [0.2, 0.25) is 0 Å². The maximum atomic E-state index is 12.9. The van der Waals surface area contributed by atoms with Crippen LogP contribution < -0.4 is 10.1 Å². The second-order valence-electron chi connectivity index (χ2n) is 7.04. The Balaban J connectivity index is 1.39. The number of rotatable bonds is 6. The van der Waals surface area contributed by atoms with E-state index in [0.717, 1.165) is 28.7 Å². The summed E-state index contributed by atoms with van der Waals surface area (Å²) >= 11 is 0.955. The molecule has 3 heterocycles. The molecule has 0 spiro atoms. The van der Waals surface area contributed by atoms with Crippen LogP contribution in [-0.2, 0) is 19.3 Å². The summed E-state index contributed by atoms with van der Waals surface area (Å²) in [7, 11) is 0. The van der Waals surface area contributed by atoms with Crippen LogP contribution in [0.5, 0.6) is 5.75 Å². The largest absolute Gasteiger partial charge is 0.487 e. The van der Waals surface area contributed by atoms with Gasteiger partial charge in [-0.1, -0.05) is 18.2 Å². The molecular formula is C23H18F3N3O2S. The number of nitrogens with zero attached hydrogens (tertiary/aromatic N) is 2. The molecule has 1 aromatic carbocycles. The Morgan fingerprint density at radius 1 is 1.09 bits per heavy atom. The van der Waals surface area contributed by atoms with Crippen LogP contribution in [0.2, 0.25) is 0 Å². The topological polar surface area (TPSA) is 64.1 Å². The molecule has 0 aliphatic carbocycles. The van der Waals surface area contributed by atoms with Crippen LogP contribution in [0.4, 0.5) is 13.2 Å². The highest BCUT2D eigenvalue weighted by molar-refractivity contribution is 7.20. The first-order chi connectivity index (χ1) is 15.3. The highest BCUT2D eigenvalue weighted by Gasteiger charge is 2.33. The molecule has 1 N–H and O–H groups in total. The smallest absolute Gasteiger partial charge is 0.433 e. The molecule has 0 aliphatic heterocycles. The van der Waals surface area contributed by atoms with Crippen molar-refractivity contribution in [1.82, 2.24) is 15.3 Å². The van der Waals surface area contributed by atoms with Gasteiger partial charge in [-0.2, -0.15) is 13.2 Å². The lowest BCUT2D eigenvalue weighted by molar-refractivity contribution is -0.140. The molecule has 0 atom stereocenters. The van der Waals surface area contributed by atoms with Gasteiger partial charge < -0.3 is 10.1 Å². The fourth-order valence-corrected chi connectivity index (χ4v) is 4.18. The number of halogens is 3. The quantitative estimate of drug-likeness (QED) is 0.414. The van der Waals surface area contributed by atoms with Gasteiger partial charge in [0.05, 0.1) is 10.6 Å². The van der Waals surface area contributed by atoms with E-state index in [9.17, 15) is 18.0 Å². The molecule has 4 aromatic rings. The van der Waals surface area contributed by atoms with E-state index in [1.165, 1.54) is 6.07 Å². The van der Waals surface area contributed by atoms with Crippen molar-refractivity contribution >= 4 is 27.5 Å². The maximum absolute atomic E-state index is 12.9. The molecule has 0 radical (unpaired) electrons. The number of nitrogens with one attached hydrogen (secondary N) is 1. The molecule has 9 heteroatoms. The molecule has 5 nitrogen and oxygen atoms in total. The Kier molecular flexibility index (Phi) is 6.09. The molecule has 164 valence electrons. The summed E-state index contributed by atoms with van der Waals surface area (Å²) in [6.07, 6.45) is -2.82. The third-order valence-electron chi connectivity index (χ3n) is 4.79. The summed E-state index contributed by atoms with van der Waals surface area (Å²) in [5.41, 5.74) is 1.32. The molecular weight excluding hydrogens is 439 g/mol. The van der Waals surface area contributed by atoms with Gasteiger partial charge in [-0.3, -0.25) is 9.78 Å². The van der Waals surface area contributed by atoms with Crippen molar-refractivity contribution in [2.45, 2.75) is 26.3 Å². The first kappa shape index (κ1) is 21.8. The number of carbonyl (C=O) groups excluding carboxylic acids is 1. The number of alkyl halides is 3. The lowest BCUT2D eigenvalue weighted by Crippen LogP contribution is -2.22. The number of pyridine rings is 2. The van der Waals surface area contributed by atoms with Gasteiger partial charge in [0, 0.05) is 18.1 Å². The van der Waals surface area contributed by atoms with Gasteiger partial charge in [-0.05, 0) is 54.4 Å². The van der Waals surface area contributed by atoms with Gasteiger partial charge in [0.1, 0.15) is 22.9 Å². The van der Waals surface area contributed by atoms with Crippen molar-refractivity contribution in [2.75, 3.05) is 0 Å². The zero-order valence-corrected chi connectivity index (χ0v) is 17.8. The number of thiophene rings is 1. The van der Waals surface area contributed by atoms with Gasteiger partial charge in [-0.25, -0.2) is 4.98 Å². The van der Waals surface area contributed by atoms with E-state index in [-0.39, 0.29) is 17.3 Å². The molecule has 0 fully saturated rings. The van der Waals surface area contributed by atoms with Crippen LogP contribution in [0, 0.1) is 6.92 Å². The summed E-state index contributed by atoms with van der Waals surface area (Å²) < 4.78 is 44.4. The minimum absolute atomic E-state index is 0.192. The minimum atomic E-state index is -4.53. The number of ether oxygens (including phenoxy) is 1. The van der Waals surface area contributed by atoms with Crippen molar-refractivity contribution in [1.29, 1.82) is 0 Å². The average Bonchev–Trinajstić information content (AvgIpc) is 3.13. The molecule has 0 aliphatic rings. The van der Waals surface area contributed by atoms with Crippen LogP contribution in [0.15, 0.2) is 60.8 Å². The number of fused-ring (bicyclic) bond motifs is 1. The summed E-state index contributed by atoms with van der Waals surface area (Å²) in [6, 6.07) is 15.2. The third-order valence-corrected chi connectivity index (χ3v) is 5.99. The second kappa shape index (κ2) is 8.96. The van der Waals surface area contributed by atoms with Crippen LogP contribution in [0.25, 0.3) is 10.2 Å². The predicted octanol–water partition coefficient (Wildman–Crippen LogP) is 5.53. The van der Waals surface area contributed by atoms with Crippen LogP contribution in [0.1, 0.15) is 32.2 Å². The number of benzene rings is 1. The van der Waals surface area contributed by atoms with E-state index in [0.29, 0.717) is 28.2 Å². The van der Waals surface area contributed by atoms with Crippen molar-refractivity contribution in [3.63, 3.8) is 0 Å². The monoisotopic (exact) mass is 457 g/mol. The van der Waals surface area contributed by atoms with E-state index in [4.69, 9.17) is 4.74 Å². The Morgan fingerprint density at radius 2 is 1.88 bits per heavy atom. The Bertz CT molecular complexity index is 1240. The van der Waals surface area contributed by atoms with E-state index in [1.807, 2.05) is 30.3 Å². The average molecular weight is 457 g/mol. The zero-order chi connectivity index (χ0) is 22.7. The van der Waals surface area contributed by atoms with Crippen molar-refractivity contribution < 1.29 is 22.7 Å². The Morgan fingerprint density at radius 3 is 2.56 bits per heavy atom. The predicted molar refractivity (Wildman–Crippen MR) is 116 cm³/mol. The maximum Gasteiger partial charge on any atom is 0.433 e. The number of carbonyl (C=O) groups is 1. The zero-order valence-electron chi connectivity index (χ0n) is 16.9. The van der Waals surface area contributed by atoms with Crippen molar-refractivity contribution in [3.8, 4) is 5.75 Å². The van der Waals surface area contributed by atoms with Gasteiger partial charge in [0.15, 0.2) is 0 Å². The fraction of sp³-hybridized carbons (Fsp3) is 0.174. The molecule has 0 saturated carbocycles. The van der Waals surface area contributed by atoms with Crippen LogP contribution in [0.3, 0.4) is 0 Å². The lowest BCUT2D eigenvalue weighted by Gasteiger charge is -2.08. The third kappa shape index (κ3) is 4.88. The Labute approximate surface area is 185 Å². The van der Waals surface area contributed by atoms with Crippen molar-refractivity contribution in [2.24, 2.45) is 0 Å². The minimum Gasteiger partial charge on any atom is -0.487 e. The SMILES string of the molecule is Cc1c(C(=O)NCc2ccc(OCc3ccccn3)cc2)sc2nc(C(F)(F)F)ccc12. The number of hydrogen-bond acceptors (Lipinski definition) is 5. The molecule has 3 aromatic heterocycles. The standard InChI is InChI=1S/C23H18F3N3O2S/c1-14-18-9-10-19(23(24,25)26)29-22(18)32-20(14)21(30)28-12-15-5-7-17(8-6-15)31-13-16-4-2-3-11-27-16/h2-11H,12-13H2,1H3,(H,28,30). The number of hydrogen-bond donors (Lipinski definition) is 1. The van der Waals surface area contributed by atoms with E-state index >= 15 is 0 Å². The summed E-state index contributed by atoms with van der Waals surface area (Å²) in [6.45, 7) is 2.33. The van der Waals surface area contributed by atoms with Gasteiger partial charge in [-0.15, -0.1) is 11.3 Å². The van der Waals surface area contributed by atoms with Crippen LogP contribution >= 0.6 is 11.3 Å². The molecule has 0 saturated heterocycles. The number of aryl methyl sites for hydroxylation is 1. The summed E-state index contributed by atoms with van der Waals surface area (Å²) in [4.78, 5) is 21.0. The van der Waals surface area contributed by atoms with E-state index in [1.54, 1.807) is 25.3 Å². The van der Waals surface area contributed by atoms with Crippen molar-refractivity contribution in [3.05, 3.63) is 88.2 Å². The highest BCUT2D eigenvalue weighted by Crippen LogP contribution is 2.34. The molecule has 32 heavy (non-hydrogen) atoms. The molecule has 1 amide bonds. The summed E-state index contributed by atoms with van der Waals surface area (Å²) in [5.74, 6) is 0.326.